The van der Waals surface area contributed by atoms with Crippen LogP contribution in [0.1, 0.15) is 5.56 Å². The van der Waals surface area contributed by atoms with Crippen LogP contribution in [-0.4, -0.2) is 0 Å². The second-order valence-corrected chi connectivity index (χ2v) is 2.95. The highest BCUT2D eigenvalue weighted by atomic mass is 127. The molecule has 0 fully saturated rings. The van der Waals surface area contributed by atoms with Crippen molar-refractivity contribution in [3.63, 3.8) is 0 Å². The van der Waals surface area contributed by atoms with E-state index in [-0.39, 0.29) is 24.0 Å². The van der Waals surface area contributed by atoms with Crippen molar-refractivity contribution in [2.24, 2.45) is 0 Å². The Morgan fingerprint density at radius 3 is 2.69 bits per heavy atom. The molecule has 68 valence electrons. The summed E-state index contributed by atoms with van der Waals surface area (Å²) in [7, 11) is 0. The minimum atomic E-state index is 0. The van der Waals surface area contributed by atoms with Gasteiger partial charge in [0.25, 0.3) is 0 Å². The summed E-state index contributed by atoms with van der Waals surface area (Å²) < 4.78 is 0. The van der Waals surface area contributed by atoms with E-state index in [9.17, 15) is 0 Å². The molecule has 0 amide bonds. The summed E-state index contributed by atoms with van der Waals surface area (Å²) in [5.74, 6) is 0.565. The number of alkyl halides is 1. The predicted octanol–water partition coefficient (Wildman–Crippen LogP) is -0.603. The fourth-order valence-corrected chi connectivity index (χ4v) is 1.56. The molecule has 1 aromatic heterocycles. The molecule has 1 N–H and O–H groups in total. The van der Waals surface area contributed by atoms with Gasteiger partial charge in [0.05, 0.1) is 5.39 Å². The Labute approximate surface area is 99.1 Å². The molecule has 0 radical (unpaired) electrons. The van der Waals surface area contributed by atoms with Crippen molar-refractivity contribution in [1.82, 2.24) is 0 Å². The Balaban J connectivity index is 0.000000845. The molecule has 0 aliphatic heterocycles. The summed E-state index contributed by atoms with van der Waals surface area (Å²) in [6.45, 7) is 0. The van der Waals surface area contributed by atoms with Gasteiger partial charge in [-0.3, -0.25) is 0 Å². The normalized spacial score (nSPS) is 9.62. The zero-order valence-electron chi connectivity index (χ0n) is 6.93. The first kappa shape index (κ1) is 10.7. The minimum absolute atomic E-state index is 0. The molecule has 1 heterocycles. The minimum Gasteiger partial charge on any atom is -1.00 e. The van der Waals surface area contributed by atoms with Gasteiger partial charge >= 0.3 is 0 Å². The molecule has 0 saturated heterocycles. The van der Waals surface area contributed by atoms with E-state index in [4.69, 9.17) is 11.6 Å². The molecular weight excluding hydrogens is 296 g/mol. The average Bonchev–Trinajstić information content (AvgIpc) is 2.17. The first-order chi connectivity index (χ1) is 5.92. The molecule has 0 saturated carbocycles. The van der Waals surface area contributed by atoms with Crippen molar-refractivity contribution >= 4 is 22.5 Å². The molecule has 2 aromatic rings. The van der Waals surface area contributed by atoms with Crippen LogP contribution in [0, 0.1) is 0 Å². The van der Waals surface area contributed by atoms with Crippen molar-refractivity contribution in [3.05, 3.63) is 42.1 Å². The molecule has 0 bridgehead atoms. The summed E-state index contributed by atoms with van der Waals surface area (Å²) in [4.78, 5) is 3.17. The van der Waals surface area contributed by atoms with Crippen molar-refractivity contribution in [1.29, 1.82) is 0 Å². The summed E-state index contributed by atoms with van der Waals surface area (Å²) >= 11 is 5.79. The van der Waals surface area contributed by atoms with E-state index in [1.165, 1.54) is 10.9 Å². The van der Waals surface area contributed by atoms with E-state index in [2.05, 4.69) is 11.1 Å². The second-order valence-electron chi connectivity index (χ2n) is 2.68. The van der Waals surface area contributed by atoms with Gasteiger partial charge in [0.2, 0.25) is 5.52 Å². The first-order valence-electron chi connectivity index (χ1n) is 3.86. The highest BCUT2D eigenvalue weighted by molar-refractivity contribution is 6.17. The molecule has 3 heteroatoms. The van der Waals surface area contributed by atoms with Gasteiger partial charge in [0, 0.05) is 18.0 Å². The number of nitrogens with one attached hydrogen (secondary N) is 1. The molecule has 0 atom stereocenters. The number of hydrogen-bond acceptors (Lipinski definition) is 0. The molecule has 0 spiro atoms. The van der Waals surface area contributed by atoms with Crippen LogP contribution in [0.25, 0.3) is 10.9 Å². The zero-order valence-corrected chi connectivity index (χ0v) is 9.84. The van der Waals surface area contributed by atoms with Crippen molar-refractivity contribution in [3.8, 4) is 0 Å². The molecule has 2 rings (SSSR count). The number of aromatic nitrogens is 1. The number of benzene rings is 1. The third kappa shape index (κ3) is 2.11. The third-order valence-electron chi connectivity index (χ3n) is 1.94. The molecule has 0 unspecified atom stereocenters. The van der Waals surface area contributed by atoms with Gasteiger partial charge in [-0.25, -0.2) is 4.98 Å². The number of fused-ring (bicyclic) bond motifs is 1. The van der Waals surface area contributed by atoms with Gasteiger partial charge in [-0.1, -0.05) is 12.1 Å². The topological polar surface area (TPSA) is 14.1 Å². The van der Waals surface area contributed by atoms with E-state index >= 15 is 0 Å². The fraction of sp³-hybridized carbons (Fsp3) is 0.100. The monoisotopic (exact) mass is 305 g/mol. The van der Waals surface area contributed by atoms with Gasteiger partial charge in [0.1, 0.15) is 0 Å². The molecule has 0 aliphatic rings. The van der Waals surface area contributed by atoms with Crippen LogP contribution in [-0.2, 0) is 5.88 Å². The maximum absolute atomic E-state index is 5.79. The number of para-hydroxylation sites is 1. The largest absolute Gasteiger partial charge is 1.00 e. The lowest BCUT2D eigenvalue weighted by Crippen LogP contribution is -3.00. The van der Waals surface area contributed by atoms with Crippen molar-refractivity contribution in [2.75, 3.05) is 0 Å². The Morgan fingerprint density at radius 2 is 1.92 bits per heavy atom. The van der Waals surface area contributed by atoms with Crippen LogP contribution < -0.4 is 29.0 Å². The van der Waals surface area contributed by atoms with E-state index in [1.807, 2.05) is 30.5 Å². The molecule has 0 aliphatic carbocycles. The van der Waals surface area contributed by atoms with Crippen molar-refractivity contribution in [2.45, 2.75) is 5.88 Å². The molecule has 1 nitrogen and oxygen atoms in total. The number of pyridine rings is 1. The SMILES string of the molecule is ClCc1cc[nH+]c2ccccc12.[I-]. The standard InChI is InChI=1S/C10H8ClN.HI/c11-7-8-5-6-12-10-4-2-1-3-9(8)10;/h1-6H,7H2;1H. The number of hydrogen-bond donors (Lipinski definition) is 0. The maximum atomic E-state index is 5.79. The Kier molecular flexibility index (Phi) is 3.93. The highest BCUT2D eigenvalue weighted by Gasteiger charge is 2.02. The maximum Gasteiger partial charge on any atom is 0.211 e. The summed E-state index contributed by atoms with van der Waals surface area (Å²) in [6.07, 6.45) is 1.92. The van der Waals surface area contributed by atoms with E-state index in [1.54, 1.807) is 0 Å². The average molecular weight is 306 g/mol. The van der Waals surface area contributed by atoms with Gasteiger partial charge in [-0.2, -0.15) is 0 Å². The lowest BCUT2D eigenvalue weighted by atomic mass is 10.1. The molecular formula is C10H9ClIN. The van der Waals surface area contributed by atoms with Gasteiger partial charge in [-0.15, -0.1) is 11.6 Å². The smallest absolute Gasteiger partial charge is 0.211 e. The zero-order chi connectivity index (χ0) is 8.39. The lowest BCUT2D eigenvalue weighted by Gasteiger charge is -1.96. The summed E-state index contributed by atoms with van der Waals surface area (Å²) in [5, 5.41) is 1.20. The van der Waals surface area contributed by atoms with Crippen LogP contribution in [0.5, 0.6) is 0 Å². The predicted molar refractivity (Wildman–Crippen MR) is 50.1 cm³/mol. The molecule has 1 aromatic carbocycles. The highest BCUT2D eigenvalue weighted by Crippen LogP contribution is 2.15. The second kappa shape index (κ2) is 4.77. The summed E-state index contributed by atoms with van der Waals surface area (Å²) in [5.41, 5.74) is 2.31. The lowest BCUT2D eigenvalue weighted by molar-refractivity contribution is -0.344. The Hall–Kier alpha value is -0.350. The number of H-pyrrole nitrogens is 1. The van der Waals surface area contributed by atoms with Crippen molar-refractivity contribution < 1.29 is 29.0 Å². The Bertz CT molecular complexity index is 398. The van der Waals surface area contributed by atoms with E-state index in [0.717, 1.165) is 5.52 Å². The number of rotatable bonds is 1. The van der Waals surface area contributed by atoms with Gasteiger partial charge < -0.3 is 24.0 Å². The number of aromatic amines is 1. The van der Waals surface area contributed by atoms with Crippen LogP contribution >= 0.6 is 11.6 Å². The van der Waals surface area contributed by atoms with Crippen LogP contribution in [0.3, 0.4) is 0 Å². The Morgan fingerprint density at radius 1 is 1.15 bits per heavy atom. The number of halogens is 2. The van der Waals surface area contributed by atoms with Gasteiger partial charge in [-0.05, 0) is 11.6 Å². The summed E-state index contributed by atoms with van der Waals surface area (Å²) in [6, 6.07) is 10.2. The fourth-order valence-electron chi connectivity index (χ4n) is 1.33. The van der Waals surface area contributed by atoms with Crippen LogP contribution in [0.4, 0.5) is 0 Å². The quantitative estimate of drug-likeness (QED) is 0.493. The third-order valence-corrected chi connectivity index (χ3v) is 2.23. The van der Waals surface area contributed by atoms with E-state index in [0.29, 0.717) is 5.88 Å². The van der Waals surface area contributed by atoms with Gasteiger partial charge in [0.15, 0.2) is 6.20 Å². The molecule has 13 heavy (non-hydrogen) atoms. The van der Waals surface area contributed by atoms with E-state index < -0.39 is 0 Å². The van der Waals surface area contributed by atoms with Crippen LogP contribution in [0.2, 0.25) is 0 Å². The first-order valence-corrected chi connectivity index (χ1v) is 4.39. The van der Waals surface area contributed by atoms with Crippen LogP contribution in [0.15, 0.2) is 36.5 Å².